The Balaban J connectivity index is 0.862. The Hall–Kier alpha value is -6.70. The zero-order valence-electron chi connectivity index (χ0n) is 80.5. The van der Waals surface area contributed by atoms with Crippen LogP contribution < -0.4 is 26.6 Å². The molecule has 35 atom stereocenters. The van der Waals surface area contributed by atoms with Crippen LogP contribution in [0.15, 0.2) is 30.3 Å². The van der Waals surface area contributed by atoms with Crippen molar-refractivity contribution in [2.24, 2.45) is 0 Å². The zero-order chi connectivity index (χ0) is 107. The maximum absolute atomic E-state index is 14.8. The van der Waals surface area contributed by atoms with Crippen LogP contribution in [0, 0.1) is 0 Å². The number of benzene rings is 1. The van der Waals surface area contributed by atoms with Gasteiger partial charge in [-0.3, -0.25) is 48.2 Å². The van der Waals surface area contributed by atoms with Gasteiger partial charge in [-0.25, -0.2) is 0 Å². The molecule has 0 unspecified atom stereocenters. The number of hydrogen-bond acceptors (Lipinski definition) is 51. The summed E-state index contributed by atoms with van der Waals surface area (Å²) in [5, 5.41) is 285. The number of unbranched alkanes of at least 4 members (excludes halogenated alkanes) is 6. The van der Waals surface area contributed by atoms with Crippen LogP contribution >= 0.6 is 0 Å². The molecule has 840 valence electrons. The van der Waals surface area contributed by atoms with Crippen molar-refractivity contribution in [2.45, 2.75) is 292 Å². The number of carbonyl (C=O) groups is 8. The molecule has 7 amide bonds. The number of hydrogen-bond donors (Lipinski definition) is 31. The second-order valence-corrected chi connectivity index (χ2v) is 36.1. The SMILES string of the molecule is O=C(CCCCCNC(=O)CN(CC(=O)NCCCCCNC(=O)CN(CC(=O)N(CCO[C@H]1O[C@H](CO)[C@@H](O)[C@H](O)[C@@H]1O)CCO[C@H]1O[C@H](CO)[C@@H](O)[C@H](O)[C@@H]1O)CC(=O)N(CCO[C@H]1O[C@H](CO)[C@@H](O)[C@H](O)[C@@H]1O)CCO[C@H]1O[C@H](CO)[C@@H](O)[C@H](O)[C@@H]1O)CC(=O)NCCCCCC(=O)OCc1ccccc1)NCCO[C@H]1O[C@H](CO[C@H]2O[C@H](CO)[C@@H](O)[C@H](O)[C@@H]2O)[C@@H](O)[C@H](O[C@H]2O[C@H](CO)[C@@H](O)[C@H](O)[C@@H]2O)[C@@H]1O. The van der Waals surface area contributed by atoms with Gasteiger partial charge in [0.15, 0.2) is 44.0 Å². The van der Waals surface area contributed by atoms with Crippen molar-refractivity contribution in [3.63, 3.8) is 0 Å². The van der Waals surface area contributed by atoms with Gasteiger partial charge in [0.05, 0.1) is 119 Å². The first kappa shape index (κ1) is 124. The largest absolute Gasteiger partial charge is 0.461 e. The molecule has 7 aliphatic rings. The highest BCUT2D eigenvalue weighted by Gasteiger charge is 2.54. The van der Waals surface area contributed by atoms with Crippen LogP contribution in [-0.4, -0.2) is 592 Å². The number of aliphatic hydroxyl groups excluding tert-OH is 26. The minimum Gasteiger partial charge on any atom is -0.461 e. The highest BCUT2D eigenvalue weighted by atomic mass is 16.8. The Labute approximate surface area is 838 Å². The molecular weight excluding hydrogens is 1970 g/mol. The number of esters is 1. The summed E-state index contributed by atoms with van der Waals surface area (Å²) in [5.74, 6) is -5.23. The van der Waals surface area contributed by atoms with Crippen LogP contribution in [0.4, 0.5) is 0 Å². The van der Waals surface area contributed by atoms with Crippen LogP contribution in [0.2, 0.25) is 0 Å². The van der Waals surface area contributed by atoms with E-state index in [2.05, 4.69) is 26.6 Å². The number of amides is 7. The third-order valence-corrected chi connectivity index (χ3v) is 25.1. The van der Waals surface area contributed by atoms with Gasteiger partial charge in [-0.2, -0.15) is 0 Å². The van der Waals surface area contributed by atoms with Gasteiger partial charge >= 0.3 is 5.97 Å². The van der Waals surface area contributed by atoms with E-state index >= 15 is 0 Å². The monoisotopic (exact) mass is 2120 g/mol. The molecule has 7 aliphatic heterocycles. The van der Waals surface area contributed by atoms with Gasteiger partial charge in [-0.05, 0) is 50.5 Å². The summed E-state index contributed by atoms with van der Waals surface area (Å²) in [7, 11) is 0. The van der Waals surface area contributed by atoms with Gasteiger partial charge in [0, 0.05) is 71.7 Å². The van der Waals surface area contributed by atoms with Crippen LogP contribution in [0.3, 0.4) is 0 Å². The minimum atomic E-state index is -2.00. The Morgan fingerprint density at radius 3 is 0.897 bits per heavy atom. The average Bonchev–Trinajstić information content (AvgIpc) is 0.780. The van der Waals surface area contributed by atoms with E-state index in [1.54, 1.807) is 0 Å². The molecular formula is C88H149N9O49. The van der Waals surface area contributed by atoms with Crippen LogP contribution in [0.5, 0.6) is 0 Å². The smallest absolute Gasteiger partial charge is 0.306 e. The fraction of sp³-hybridized carbons (Fsp3) is 0.841. The van der Waals surface area contributed by atoms with Gasteiger partial charge in [0.2, 0.25) is 41.4 Å². The Bertz CT molecular complexity index is 3770. The molecule has 58 heteroatoms. The Kier molecular flexibility index (Phi) is 54.9. The third-order valence-electron chi connectivity index (χ3n) is 25.1. The Morgan fingerprint density at radius 1 is 0.274 bits per heavy atom. The first-order valence-electron chi connectivity index (χ1n) is 48.5. The summed E-state index contributed by atoms with van der Waals surface area (Å²) in [6.45, 7) is -14.0. The molecule has 8 rings (SSSR count). The maximum atomic E-state index is 14.8. The van der Waals surface area contributed by atoms with Crippen molar-refractivity contribution in [1.82, 2.24) is 46.2 Å². The lowest BCUT2D eigenvalue weighted by molar-refractivity contribution is -0.366. The van der Waals surface area contributed by atoms with E-state index in [0.717, 1.165) is 20.3 Å². The molecule has 146 heavy (non-hydrogen) atoms. The highest BCUT2D eigenvalue weighted by Crippen LogP contribution is 2.33. The molecule has 7 saturated heterocycles. The quantitative estimate of drug-likeness (QED) is 0.0213. The summed E-state index contributed by atoms with van der Waals surface area (Å²) >= 11 is 0. The van der Waals surface area contributed by atoms with Gasteiger partial charge in [0.1, 0.15) is 178 Å². The number of aliphatic hydroxyl groups is 26. The maximum Gasteiger partial charge on any atom is 0.306 e. The fourth-order valence-electron chi connectivity index (χ4n) is 16.4. The van der Waals surface area contributed by atoms with E-state index in [0.29, 0.717) is 44.9 Å². The number of carbonyl (C=O) groups excluding carboxylic acids is 8. The van der Waals surface area contributed by atoms with Gasteiger partial charge in [0.25, 0.3) is 0 Å². The van der Waals surface area contributed by atoms with Crippen LogP contribution in [0.25, 0.3) is 0 Å². The second kappa shape index (κ2) is 64.3. The number of ether oxygens (including phenoxy) is 15. The number of nitrogens with one attached hydrogen (secondary N) is 5. The Morgan fingerprint density at radius 2 is 0.555 bits per heavy atom. The fourth-order valence-corrected chi connectivity index (χ4v) is 16.4. The van der Waals surface area contributed by atoms with E-state index in [4.69, 9.17) is 71.1 Å². The van der Waals surface area contributed by atoms with Crippen LogP contribution in [0.1, 0.15) is 76.2 Å². The van der Waals surface area contributed by atoms with Gasteiger partial charge in [-0.15, -0.1) is 0 Å². The van der Waals surface area contributed by atoms with Crippen LogP contribution in [-0.2, 0) is 116 Å². The molecule has 0 aromatic heterocycles. The van der Waals surface area contributed by atoms with Crippen molar-refractivity contribution in [3.05, 3.63) is 35.9 Å². The van der Waals surface area contributed by atoms with E-state index in [-0.39, 0.29) is 71.6 Å². The normalized spacial score (nSPS) is 33.8. The number of nitrogens with zero attached hydrogens (tertiary/aromatic N) is 4. The predicted octanol–water partition coefficient (Wildman–Crippen LogP) is -18.4. The molecule has 1 aromatic rings. The van der Waals surface area contributed by atoms with E-state index in [1.165, 1.54) is 4.90 Å². The molecule has 7 fully saturated rings. The zero-order valence-corrected chi connectivity index (χ0v) is 80.5. The van der Waals surface area contributed by atoms with E-state index < -0.39 is 400 Å². The minimum absolute atomic E-state index is 0.0249. The highest BCUT2D eigenvalue weighted by molar-refractivity contribution is 5.85. The summed E-state index contributed by atoms with van der Waals surface area (Å²) in [6.07, 6.45) is -58.2. The molecule has 0 radical (unpaired) electrons. The molecule has 0 spiro atoms. The van der Waals surface area contributed by atoms with Gasteiger partial charge < -0.3 is 240 Å². The molecule has 7 heterocycles. The predicted molar refractivity (Wildman–Crippen MR) is 482 cm³/mol. The lowest BCUT2D eigenvalue weighted by Gasteiger charge is -2.46. The molecule has 31 N–H and O–H groups in total. The summed E-state index contributed by atoms with van der Waals surface area (Å²) in [4.78, 5) is 114. The van der Waals surface area contributed by atoms with E-state index in [9.17, 15) is 171 Å². The molecule has 0 saturated carbocycles. The van der Waals surface area contributed by atoms with Crippen molar-refractivity contribution in [2.75, 3.05) is 177 Å². The summed E-state index contributed by atoms with van der Waals surface area (Å²) in [5.41, 5.74) is 0.817. The lowest BCUT2D eigenvalue weighted by atomic mass is 9.96. The topological polar surface area (TPSA) is 874 Å². The molecule has 0 bridgehead atoms. The molecule has 58 nitrogen and oxygen atoms in total. The van der Waals surface area contributed by atoms with Crippen molar-refractivity contribution in [3.8, 4) is 0 Å². The summed E-state index contributed by atoms with van der Waals surface area (Å²) in [6, 6.07) is 9.09. The standard InChI is InChI=1S/C88H149N9O49/c98-37-46-61(112)68(119)74(125)82(139-46)133-27-22-96(23-28-134-83-75(126)69(120)62(113)47(38-99)140-83)58(109)35-95(36-59(110)97(24-29-135-84-76(127)70(121)63(114)48(39-100)141-84)25-30-136-85-77(128)71(122)64(115)49(40-101)142-85)34-57(108)92-20-12-4-11-19-91-56(107)33-94(32-55(106)90-18-10-3-8-16-60(111)137-43-45-13-5-1-6-14-45)31-54(105)89-17-9-2-7-15-53(104)93-21-26-132-87-80(131)81(146-88-79(130)73(124)66(117)51(42-103)144-88)67(118)52(145-87)44-138-86-78(129)72(123)65(116)50(41-102)143-86/h1,5-6,13-14,46-52,61-88,98-103,112-131H,2-4,7-12,15-44H2,(H,89,105)(H,90,106)(H,91,107)(H,92,108)(H,93,104)/t46-,47-,48-,49-,50-,51-,52-,61-,62-,63-,64-,65-,66-,67-,68+,69+,70+,71+,72+,73+,74+,75+,76+,77+,78+,79+,80+,81+,82+,83+,84+,85+,86+,87+,88-/m1/s1. The van der Waals surface area contributed by atoms with Crippen molar-refractivity contribution in [1.29, 1.82) is 0 Å². The third kappa shape index (κ3) is 38.2. The van der Waals surface area contributed by atoms with Gasteiger partial charge in [-0.1, -0.05) is 43.2 Å². The molecule has 0 aliphatic carbocycles. The lowest BCUT2D eigenvalue weighted by Crippen LogP contribution is -2.65. The first-order valence-corrected chi connectivity index (χ1v) is 48.5. The van der Waals surface area contributed by atoms with E-state index in [1.807, 2.05) is 30.3 Å². The summed E-state index contributed by atoms with van der Waals surface area (Å²) < 4.78 is 83.6. The van der Waals surface area contributed by atoms with Crippen molar-refractivity contribution < 1.29 is 242 Å². The second-order valence-electron chi connectivity index (χ2n) is 36.1. The first-order chi connectivity index (χ1) is 69.8. The number of rotatable bonds is 63. The molecule has 1 aromatic carbocycles. The van der Waals surface area contributed by atoms with Crippen molar-refractivity contribution >= 4 is 47.3 Å². The average molecular weight is 2120 g/mol.